The number of hydrogen-bond acceptors (Lipinski definition) is 5. The molecule has 0 bridgehead atoms. The molecule has 40 heavy (non-hydrogen) atoms. The van der Waals surface area contributed by atoms with Crippen LogP contribution in [-0.2, 0) is 11.2 Å². The first kappa shape index (κ1) is 26.4. The topological polar surface area (TPSA) is 65.1 Å². The molecule has 3 heterocycles. The summed E-state index contributed by atoms with van der Waals surface area (Å²) >= 11 is 0. The maximum absolute atomic E-state index is 12.9. The molecule has 0 aromatic heterocycles. The van der Waals surface area contributed by atoms with Gasteiger partial charge in [0.25, 0.3) is 5.91 Å². The van der Waals surface area contributed by atoms with Crippen LogP contribution >= 0.6 is 0 Å². The Balaban J connectivity index is 1.02. The number of rotatable bonds is 8. The second kappa shape index (κ2) is 11.7. The molecule has 0 aliphatic carbocycles. The highest BCUT2D eigenvalue weighted by Gasteiger charge is 2.50. The lowest BCUT2D eigenvalue weighted by molar-refractivity contribution is -0.125. The Kier molecular flexibility index (Phi) is 7.73. The molecule has 0 radical (unpaired) electrons. The van der Waals surface area contributed by atoms with Crippen molar-refractivity contribution in [3.8, 4) is 5.75 Å². The number of nitrogens with one attached hydrogen (secondary N) is 1. The van der Waals surface area contributed by atoms with Crippen LogP contribution in [0.25, 0.3) is 0 Å². The molecule has 1 N–H and O–H groups in total. The quantitative estimate of drug-likeness (QED) is 0.463. The van der Waals surface area contributed by atoms with Gasteiger partial charge in [-0.3, -0.25) is 14.5 Å². The van der Waals surface area contributed by atoms with Crippen LogP contribution in [0.2, 0.25) is 0 Å². The summed E-state index contributed by atoms with van der Waals surface area (Å²) in [5.74, 6) is 1.19. The number of hydrogen-bond donors (Lipinski definition) is 1. The molecule has 7 heteroatoms. The van der Waals surface area contributed by atoms with E-state index < -0.39 is 5.54 Å². The molecule has 0 atom stereocenters. The fourth-order valence-electron chi connectivity index (χ4n) is 6.34. The summed E-state index contributed by atoms with van der Waals surface area (Å²) in [7, 11) is 0. The van der Waals surface area contributed by atoms with E-state index in [9.17, 15) is 9.59 Å². The van der Waals surface area contributed by atoms with Gasteiger partial charge in [0, 0.05) is 50.4 Å². The van der Waals surface area contributed by atoms with Crippen molar-refractivity contribution >= 4 is 17.5 Å². The SMILES string of the molecule is O=C(c1ccc(Cc2ccccc2OCCN2CCC3(CC2)C(=O)NCN3c2ccccc2)cc1)N1CCCC1. The van der Waals surface area contributed by atoms with Crippen molar-refractivity contribution in [1.82, 2.24) is 15.1 Å². The number of piperidine rings is 1. The highest BCUT2D eigenvalue weighted by molar-refractivity contribution is 5.94. The molecule has 0 unspecified atom stereocenters. The predicted molar refractivity (Wildman–Crippen MR) is 157 cm³/mol. The van der Waals surface area contributed by atoms with Gasteiger partial charge < -0.3 is 19.9 Å². The molecule has 0 saturated carbocycles. The van der Waals surface area contributed by atoms with Gasteiger partial charge in [0.1, 0.15) is 17.9 Å². The Morgan fingerprint density at radius 1 is 0.850 bits per heavy atom. The van der Waals surface area contributed by atoms with Gasteiger partial charge >= 0.3 is 0 Å². The van der Waals surface area contributed by atoms with Crippen LogP contribution < -0.4 is 15.0 Å². The Labute approximate surface area is 236 Å². The van der Waals surface area contributed by atoms with Crippen molar-refractivity contribution in [2.45, 2.75) is 37.6 Å². The van der Waals surface area contributed by atoms with Crippen molar-refractivity contribution in [3.63, 3.8) is 0 Å². The van der Waals surface area contributed by atoms with E-state index in [2.05, 4.69) is 45.4 Å². The van der Waals surface area contributed by atoms with Gasteiger partial charge in [0.2, 0.25) is 5.91 Å². The standard InChI is InChI=1S/C33H38N4O3/c38-31(36-18-6-7-19-36)27-14-12-26(13-15-27)24-28-8-4-5-11-30(28)40-23-22-35-20-16-33(17-21-35)32(39)34-25-37(33)29-9-2-1-3-10-29/h1-5,8-15H,6-7,16-25H2,(H,34,39). The van der Waals surface area contributed by atoms with E-state index in [-0.39, 0.29) is 11.8 Å². The fourth-order valence-corrected chi connectivity index (χ4v) is 6.34. The van der Waals surface area contributed by atoms with Crippen molar-refractivity contribution in [2.75, 3.05) is 50.9 Å². The van der Waals surface area contributed by atoms with E-state index in [0.717, 1.165) is 93.0 Å². The number of likely N-dealkylation sites (tertiary alicyclic amines) is 2. The maximum Gasteiger partial charge on any atom is 0.253 e. The zero-order chi connectivity index (χ0) is 27.4. The minimum atomic E-state index is -0.458. The van der Waals surface area contributed by atoms with Gasteiger partial charge in [-0.25, -0.2) is 0 Å². The average Bonchev–Trinajstić information content (AvgIpc) is 3.65. The molecule has 3 aliphatic rings. The number of ether oxygens (including phenoxy) is 1. The molecule has 7 nitrogen and oxygen atoms in total. The van der Waals surface area contributed by atoms with E-state index in [0.29, 0.717) is 13.3 Å². The predicted octanol–water partition coefficient (Wildman–Crippen LogP) is 4.32. The number of benzene rings is 3. The maximum atomic E-state index is 12.9. The second-order valence-corrected chi connectivity index (χ2v) is 11.1. The molecule has 3 aliphatic heterocycles. The zero-order valence-electron chi connectivity index (χ0n) is 23.1. The lowest BCUT2D eigenvalue weighted by Gasteiger charge is -2.43. The Hall–Kier alpha value is -3.84. The third-order valence-corrected chi connectivity index (χ3v) is 8.71. The summed E-state index contributed by atoms with van der Waals surface area (Å²) in [5.41, 5.74) is 3.70. The molecule has 3 saturated heterocycles. The van der Waals surface area contributed by atoms with Gasteiger partial charge in [-0.2, -0.15) is 0 Å². The number of para-hydroxylation sites is 2. The molecular weight excluding hydrogens is 500 g/mol. The van der Waals surface area contributed by atoms with E-state index in [1.165, 1.54) is 0 Å². The highest BCUT2D eigenvalue weighted by Crippen LogP contribution is 2.36. The number of anilines is 1. The van der Waals surface area contributed by atoms with Crippen LogP contribution in [0.1, 0.15) is 47.2 Å². The summed E-state index contributed by atoms with van der Waals surface area (Å²) < 4.78 is 6.28. The summed E-state index contributed by atoms with van der Waals surface area (Å²) in [5, 5.41) is 3.08. The summed E-state index contributed by atoms with van der Waals surface area (Å²) in [6, 6.07) is 26.5. The van der Waals surface area contributed by atoms with E-state index in [4.69, 9.17) is 4.74 Å². The third-order valence-electron chi connectivity index (χ3n) is 8.71. The van der Waals surface area contributed by atoms with Crippen LogP contribution in [0.4, 0.5) is 5.69 Å². The van der Waals surface area contributed by atoms with E-state index in [1.807, 2.05) is 53.4 Å². The summed E-state index contributed by atoms with van der Waals surface area (Å²) in [4.78, 5) is 32.2. The minimum Gasteiger partial charge on any atom is -0.492 e. The number of carbonyl (C=O) groups excluding carboxylic acids is 2. The van der Waals surface area contributed by atoms with Crippen molar-refractivity contribution in [1.29, 1.82) is 0 Å². The lowest BCUT2D eigenvalue weighted by atomic mass is 9.85. The first-order valence-electron chi connectivity index (χ1n) is 14.5. The summed E-state index contributed by atoms with van der Waals surface area (Å²) in [6.07, 6.45) is 4.57. The average molecular weight is 539 g/mol. The minimum absolute atomic E-state index is 0.137. The van der Waals surface area contributed by atoms with Crippen molar-refractivity contribution in [3.05, 3.63) is 95.6 Å². The van der Waals surface area contributed by atoms with Crippen LogP contribution in [0, 0.1) is 0 Å². The molecule has 3 fully saturated rings. The van der Waals surface area contributed by atoms with Gasteiger partial charge in [-0.1, -0.05) is 48.5 Å². The molecule has 6 rings (SSSR count). The van der Waals surface area contributed by atoms with E-state index in [1.54, 1.807) is 0 Å². The molecule has 208 valence electrons. The van der Waals surface area contributed by atoms with Gasteiger partial charge in [-0.05, 0) is 67.1 Å². The smallest absolute Gasteiger partial charge is 0.253 e. The Morgan fingerprint density at radius 3 is 2.30 bits per heavy atom. The normalized spacial score (nSPS) is 18.8. The zero-order valence-corrected chi connectivity index (χ0v) is 23.1. The molecule has 1 spiro atoms. The Bertz CT molecular complexity index is 1310. The van der Waals surface area contributed by atoms with Crippen LogP contribution in [-0.4, -0.2) is 73.2 Å². The van der Waals surface area contributed by atoms with Crippen LogP contribution in [0.15, 0.2) is 78.9 Å². The molecule has 2 amide bonds. The molecule has 3 aromatic rings. The van der Waals surface area contributed by atoms with Crippen LogP contribution in [0.5, 0.6) is 5.75 Å². The first-order chi connectivity index (χ1) is 19.6. The van der Waals surface area contributed by atoms with Crippen LogP contribution in [0.3, 0.4) is 0 Å². The molecular formula is C33H38N4O3. The monoisotopic (exact) mass is 538 g/mol. The Morgan fingerprint density at radius 2 is 1.55 bits per heavy atom. The van der Waals surface area contributed by atoms with Crippen molar-refractivity contribution in [2.24, 2.45) is 0 Å². The number of amides is 2. The molecule has 3 aromatic carbocycles. The highest BCUT2D eigenvalue weighted by atomic mass is 16.5. The lowest BCUT2D eigenvalue weighted by Crippen LogP contribution is -2.56. The fraction of sp³-hybridized carbons (Fsp3) is 0.394. The van der Waals surface area contributed by atoms with Gasteiger partial charge in [-0.15, -0.1) is 0 Å². The number of carbonyl (C=O) groups is 2. The largest absolute Gasteiger partial charge is 0.492 e. The second-order valence-electron chi connectivity index (χ2n) is 11.1. The van der Waals surface area contributed by atoms with Crippen molar-refractivity contribution < 1.29 is 14.3 Å². The number of nitrogens with zero attached hydrogens (tertiary/aromatic N) is 3. The van der Waals surface area contributed by atoms with Gasteiger partial charge in [0.05, 0.1) is 6.67 Å². The van der Waals surface area contributed by atoms with Gasteiger partial charge in [0.15, 0.2) is 0 Å². The summed E-state index contributed by atoms with van der Waals surface area (Å²) in [6.45, 7) is 5.46. The van der Waals surface area contributed by atoms with E-state index >= 15 is 0 Å². The first-order valence-corrected chi connectivity index (χ1v) is 14.5. The third kappa shape index (κ3) is 5.43.